The second-order valence-corrected chi connectivity index (χ2v) is 7.31. The highest BCUT2D eigenvalue weighted by Gasteiger charge is 2.43. The summed E-state index contributed by atoms with van der Waals surface area (Å²) in [6.07, 6.45) is 7.32. The minimum Gasteiger partial charge on any atom is -0.390 e. The highest BCUT2D eigenvalue weighted by Crippen LogP contribution is 2.46. The Morgan fingerprint density at radius 3 is 2.96 bits per heavy atom. The van der Waals surface area contributed by atoms with Crippen molar-refractivity contribution in [3.8, 4) is 17.3 Å². The minimum atomic E-state index is -0.243. The predicted octanol–water partition coefficient (Wildman–Crippen LogP) is 2.64. The Labute approximate surface area is 154 Å². The molecule has 1 aliphatic carbocycles. The Kier molecular flexibility index (Phi) is 4.14. The van der Waals surface area contributed by atoms with E-state index in [4.69, 9.17) is 5.11 Å². The number of anilines is 2. The number of rotatable bonds is 6. The maximum atomic E-state index is 9.24. The number of hydrogen-bond donors (Lipinski definition) is 2. The molecule has 3 aromatic rings. The van der Waals surface area contributed by atoms with Crippen LogP contribution < -0.4 is 5.32 Å². The summed E-state index contributed by atoms with van der Waals surface area (Å²) in [6, 6.07) is 4.15. The van der Waals surface area contributed by atoms with E-state index in [1.54, 1.807) is 18.5 Å². The lowest BCUT2D eigenvalue weighted by atomic mass is 10.1. The third-order valence-electron chi connectivity index (χ3n) is 4.39. The molecule has 0 spiro atoms. The van der Waals surface area contributed by atoms with Crippen LogP contribution in [0.3, 0.4) is 0 Å². The van der Waals surface area contributed by atoms with Crippen LogP contribution in [-0.2, 0) is 13.2 Å². The smallest absolute Gasteiger partial charge is 0.228 e. The highest BCUT2D eigenvalue weighted by molar-refractivity contribution is 7.10. The molecular weight excluding hydrogens is 350 g/mol. The summed E-state index contributed by atoms with van der Waals surface area (Å²) in [6.45, 7) is 2.47. The molecule has 0 atom stereocenters. The fourth-order valence-corrected chi connectivity index (χ4v) is 3.34. The molecule has 0 radical (unpaired) electrons. The first-order valence-electron chi connectivity index (χ1n) is 8.22. The number of aliphatic hydroxyl groups is 1. The first-order chi connectivity index (χ1) is 12.6. The van der Waals surface area contributed by atoms with Crippen LogP contribution in [0.4, 0.5) is 10.9 Å². The van der Waals surface area contributed by atoms with Gasteiger partial charge in [-0.05, 0) is 42.9 Å². The standard InChI is InChI=1S/C17H17N7OS/c1-11-5-19-16(21-14-4-13(8-25)23-26-14)22-15(11)12-6-20-24(7-12)10-17(9-18)2-3-17/h4-7,25H,2-3,8,10H2,1H3,(H,19,21,22). The van der Waals surface area contributed by atoms with Crippen molar-refractivity contribution in [3.05, 3.63) is 35.9 Å². The number of aliphatic hydroxyl groups excluding tert-OH is 1. The number of aromatic nitrogens is 5. The van der Waals surface area contributed by atoms with Gasteiger partial charge in [-0.15, -0.1) is 0 Å². The van der Waals surface area contributed by atoms with E-state index in [9.17, 15) is 5.26 Å². The van der Waals surface area contributed by atoms with Crippen molar-refractivity contribution in [2.45, 2.75) is 32.9 Å². The SMILES string of the molecule is Cc1cnc(Nc2cc(CO)ns2)nc1-c1cnn(CC2(C#N)CC2)c1. The molecule has 0 aliphatic heterocycles. The Bertz CT molecular complexity index is 983. The summed E-state index contributed by atoms with van der Waals surface area (Å²) in [5.41, 5.74) is 2.99. The first kappa shape index (κ1) is 16.6. The Morgan fingerprint density at radius 2 is 2.27 bits per heavy atom. The molecule has 1 fully saturated rings. The van der Waals surface area contributed by atoms with Crippen LogP contribution in [0.15, 0.2) is 24.7 Å². The number of nitriles is 1. The summed E-state index contributed by atoms with van der Waals surface area (Å²) < 4.78 is 5.93. The molecule has 9 heteroatoms. The second-order valence-electron chi connectivity index (χ2n) is 6.51. The Morgan fingerprint density at radius 1 is 1.42 bits per heavy atom. The van der Waals surface area contributed by atoms with Crippen molar-refractivity contribution < 1.29 is 5.11 Å². The number of nitrogens with zero attached hydrogens (tertiary/aromatic N) is 6. The van der Waals surface area contributed by atoms with Crippen molar-refractivity contribution in [1.82, 2.24) is 24.1 Å². The van der Waals surface area contributed by atoms with Crippen molar-refractivity contribution in [1.29, 1.82) is 5.26 Å². The van der Waals surface area contributed by atoms with Crippen LogP contribution in [0.5, 0.6) is 0 Å². The molecule has 0 saturated heterocycles. The van der Waals surface area contributed by atoms with Gasteiger partial charge in [0.25, 0.3) is 0 Å². The molecule has 8 nitrogen and oxygen atoms in total. The molecule has 4 rings (SSSR count). The largest absolute Gasteiger partial charge is 0.390 e. The van der Waals surface area contributed by atoms with Gasteiger partial charge in [0, 0.05) is 18.0 Å². The summed E-state index contributed by atoms with van der Waals surface area (Å²) in [4.78, 5) is 8.90. The summed E-state index contributed by atoms with van der Waals surface area (Å²) >= 11 is 1.25. The first-order valence-corrected chi connectivity index (χ1v) is 8.99. The van der Waals surface area contributed by atoms with E-state index < -0.39 is 0 Å². The summed E-state index contributed by atoms with van der Waals surface area (Å²) in [5.74, 6) is 0.460. The quantitative estimate of drug-likeness (QED) is 0.688. The Hall–Kier alpha value is -2.83. The monoisotopic (exact) mass is 367 g/mol. The van der Waals surface area contributed by atoms with Gasteiger partial charge in [-0.1, -0.05) is 0 Å². The van der Waals surface area contributed by atoms with Gasteiger partial charge in [0.05, 0.1) is 42.2 Å². The fraction of sp³-hybridized carbons (Fsp3) is 0.353. The van der Waals surface area contributed by atoms with Crippen LogP contribution in [0.1, 0.15) is 24.1 Å². The molecule has 0 aromatic carbocycles. The van der Waals surface area contributed by atoms with Gasteiger partial charge in [-0.25, -0.2) is 9.97 Å². The van der Waals surface area contributed by atoms with Gasteiger partial charge in [0.15, 0.2) is 0 Å². The molecule has 0 amide bonds. The number of hydrogen-bond acceptors (Lipinski definition) is 8. The van der Waals surface area contributed by atoms with Gasteiger partial charge < -0.3 is 10.4 Å². The van der Waals surface area contributed by atoms with Crippen LogP contribution in [0, 0.1) is 23.7 Å². The van der Waals surface area contributed by atoms with Crippen molar-refractivity contribution in [2.24, 2.45) is 5.41 Å². The molecule has 132 valence electrons. The molecule has 3 aromatic heterocycles. The van der Waals surface area contributed by atoms with E-state index in [1.807, 2.05) is 17.8 Å². The van der Waals surface area contributed by atoms with E-state index in [0.717, 1.165) is 34.7 Å². The van der Waals surface area contributed by atoms with Crippen LogP contribution in [-0.4, -0.2) is 29.2 Å². The second kappa shape index (κ2) is 6.48. The zero-order chi connectivity index (χ0) is 18.1. The lowest BCUT2D eigenvalue weighted by molar-refractivity contribution is 0.278. The average Bonchev–Trinajstić information content (AvgIpc) is 3.04. The zero-order valence-corrected chi connectivity index (χ0v) is 15.0. The van der Waals surface area contributed by atoms with E-state index >= 15 is 0 Å². The number of aryl methyl sites for hydroxylation is 1. The maximum Gasteiger partial charge on any atom is 0.228 e. The van der Waals surface area contributed by atoms with Gasteiger partial charge in [0.1, 0.15) is 5.00 Å². The molecule has 0 unspecified atom stereocenters. The minimum absolute atomic E-state index is 0.0957. The molecule has 1 saturated carbocycles. The maximum absolute atomic E-state index is 9.24. The molecule has 3 heterocycles. The van der Waals surface area contributed by atoms with Crippen LogP contribution in [0.25, 0.3) is 11.3 Å². The molecule has 1 aliphatic rings. The third kappa shape index (κ3) is 3.29. The van der Waals surface area contributed by atoms with Gasteiger partial charge in [-0.2, -0.15) is 14.7 Å². The summed E-state index contributed by atoms with van der Waals surface area (Å²) in [7, 11) is 0. The predicted molar refractivity (Wildman–Crippen MR) is 96.6 cm³/mol. The van der Waals surface area contributed by atoms with Crippen molar-refractivity contribution in [2.75, 3.05) is 5.32 Å². The van der Waals surface area contributed by atoms with Crippen molar-refractivity contribution >= 4 is 22.5 Å². The Balaban J connectivity index is 1.56. The van der Waals surface area contributed by atoms with E-state index in [2.05, 4.69) is 30.8 Å². The zero-order valence-electron chi connectivity index (χ0n) is 14.2. The third-order valence-corrected chi connectivity index (χ3v) is 5.13. The van der Waals surface area contributed by atoms with Gasteiger partial charge in [0.2, 0.25) is 5.95 Å². The normalized spacial score (nSPS) is 14.8. The number of nitrogens with one attached hydrogen (secondary N) is 1. The van der Waals surface area contributed by atoms with Gasteiger partial charge in [-0.3, -0.25) is 4.68 Å². The highest BCUT2D eigenvalue weighted by atomic mass is 32.1. The molecule has 0 bridgehead atoms. The molecule has 2 N–H and O–H groups in total. The average molecular weight is 367 g/mol. The van der Waals surface area contributed by atoms with Crippen LogP contribution in [0.2, 0.25) is 0 Å². The van der Waals surface area contributed by atoms with Gasteiger partial charge >= 0.3 is 0 Å². The molecule has 26 heavy (non-hydrogen) atoms. The lowest BCUT2D eigenvalue weighted by Gasteiger charge is -2.07. The fourth-order valence-electron chi connectivity index (χ4n) is 2.69. The van der Waals surface area contributed by atoms with E-state index in [-0.39, 0.29) is 12.0 Å². The lowest BCUT2D eigenvalue weighted by Crippen LogP contribution is -2.09. The van der Waals surface area contributed by atoms with Crippen molar-refractivity contribution in [3.63, 3.8) is 0 Å². The van der Waals surface area contributed by atoms with E-state index in [0.29, 0.717) is 18.2 Å². The van der Waals surface area contributed by atoms with E-state index in [1.165, 1.54) is 11.5 Å². The summed E-state index contributed by atoms with van der Waals surface area (Å²) in [5, 5.41) is 26.6. The van der Waals surface area contributed by atoms with Crippen LogP contribution >= 0.6 is 11.5 Å². The molecular formula is C17H17N7OS. The topological polar surface area (TPSA) is 113 Å².